The molecule has 4 heteroatoms. The highest BCUT2D eigenvalue weighted by Gasteiger charge is 2.38. The van der Waals surface area contributed by atoms with Crippen LogP contribution in [0.5, 0.6) is 5.75 Å². The molecule has 0 N–H and O–H groups in total. The molecule has 3 aromatic rings. The Morgan fingerprint density at radius 3 is 2.39 bits per heavy atom. The van der Waals surface area contributed by atoms with Gasteiger partial charge in [0.05, 0.1) is 6.07 Å². The quantitative estimate of drug-likeness (QED) is 0.392. The molecule has 1 aliphatic rings. The second-order valence-corrected chi connectivity index (χ2v) is 6.73. The maximum Gasteiger partial charge on any atom is 0.329 e. The van der Waals surface area contributed by atoms with Gasteiger partial charge in [-0.05, 0) is 18.1 Å². The zero-order chi connectivity index (χ0) is 19.5. The Bertz CT molecular complexity index is 1080. The van der Waals surface area contributed by atoms with Crippen LogP contribution in [0.2, 0.25) is 0 Å². The van der Waals surface area contributed by atoms with Crippen molar-refractivity contribution in [3.8, 4) is 11.8 Å². The third kappa shape index (κ3) is 3.19. The molecule has 28 heavy (non-hydrogen) atoms. The van der Waals surface area contributed by atoms with E-state index < -0.39 is 11.9 Å². The molecule has 0 unspecified atom stereocenters. The lowest BCUT2D eigenvalue weighted by Crippen LogP contribution is -2.32. The van der Waals surface area contributed by atoms with Crippen molar-refractivity contribution in [3.63, 3.8) is 0 Å². The summed E-state index contributed by atoms with van der Waals surface area (Å²) in [5, 5.41) is 9.57. The molecular weight excluding hydrogens is 350 g/mol. The third-order valence-electron chi connectivity index (χ3n) is 5.06. The first kappa shape index (κ1) is 17.7. The molecule has 4 nitrogen and oxygen atoms in total. The van der Waals surface area contributed by atoms with E-state index in [2.05, 4.69) is 6.07 Å². The molecular formula is C24H17NO3. The van der Waals surface area contributed by atoms with E-state index in [1.165, 1.54) is 0 Å². The molecule has 136 valence electrons. The predicted molar refractivity (Wildman–Crippen MR) is 104 cm³/mol. The molecule has 0 saturated carbocycles. The Balaban J connectivity index is 1.75. The van der Waals surface area contributed by atoms with Crippen molar-refractivity contribution >= 4 is 11.8 Å². The number of fused-ring (bicyclic) bond motifs is 1. The van der Waals surface area contributed by atoms with Crippen LogP contribution in [0.1, 0.15) is 33.0 Å². The summed E-state index contributed by atoms with van der Waals surface area (Å²) in [7, 11) is 0. The van der Waals surface area contributed by atoms with Crippen molar-refractivity contribution in [2.75, 3.05) is 0 Å². The summed E-state index contributed by atoms with van der Waals surface area (Å²) in [5.74, 6) is -1.41. The van der Waals surface area contributed by atoms with Crippen LogP contribution in [0, 0.1) is 17.2 Å². The molecule has 1 aliphatic heterocycles. The highest BCUT2D eigenvalue weighted by Crippen LogP contribution is 2.40. The number of ketones is 1. The molecule has 3 aromatic carbocycles. The zero-order valence-corrected chi connectivity index (χ0v) is 15.0. The number of hydrogen-bond donors (Lipinski definition) is 0. The number of nitrogens with zero attached hydrogens (tertiary/aromatic N) is 1. The second kappa shape index (κ2) is 7.50. The van der Waals surface area contributed by atoms with Crippen molar-refractivity contribution in [2.45, 2.75) is 12.3 Å². The average molecular weight is 367 g/mol. The predicted octanol–water partition coefficient (Wildman–Crippen LogP) is 4.30. The summed E-state index contributed by atoms with van der Waals surface area (Å²) in [6, 6.07) is 25.8. The topological polar surface area (TPSA) is 67.2 Å². The molecule has 0 saturated heterocycles. The van der Waals surface area contributed by atoms with Crippen LogP contribution in [0.25, 0.3) is 0 Å². The van der Waals surface area contributed by atoms with Crippen molar-refractivity contribution in [1.82, 2.24) is 0 Å². The Hall–Kier alpha value is -3.71. The van der Waals surface area contributed by atoms with Crippen molar-refractivity contribution in [1.29, 1.82) is 5.26 Å². The fourth-order valence-electron chi connectivity index (χ4n) is 3.67. The normalized spacial score (nSPS) is 17.9. The molecule has 4 rings (SSSR count). The Labute approximate surface area is 163 Å². The van der Waals surface area contributed by atoms with Gasteiger partial charge in [-0.2, -0.15) is 5.26 Å². The van der Waals surface area contributed by atoms with Crippen molar-refractivity contribution < 1.29 is 14.3 Å². The van der Waals surface area contributed by atoms with E-state index in [4.69, 9.17) is 4.74 Å². The fourth-order valence-corrected chi connectivity index (χ4v) is 3.67. The first-order valence-electron chi connectivity index (χ1n) is 9.07. The van der Waals surface area contributed by atoms with Crippen molar-refractivity contribution in [2.24, 2.45) is 5.92 Å². The Morgan fingerprint density at radius 2 is 1.61 bits per heavy atom. The average Bonchev–Trinajstić information content (AvgIpc) is 2.74. The standard InChI is InChI=1S/C24H17NO3/c25-15-21-20(19-12-6-7-13-22(19)28-24(21)27)14-17-10-4-5-11-18(17)23(26)16-8-2-1-3-9-16/h1-13,20-21H,14H2/t20-,21+/m1/s1. The Kier molecular flexibility index (Phi) is 4.74. The van der Waals surface area contributed by atoms with Crippen LogP contribution in [-0.2, 0) is 11.2 Å². The maximum absolute atomic E-state index is 13.0. The summed E-state index contributed by atoms with van der Waals surface area (Å²) in [4.78, 5) is 25.3. The molecule has 1 heterocycles. The minimum absolute atomic E-state index is 0.0728. The van der Waals surface area contributed by atoms with Gasteiger partial charge in [0, 0.05) is 22.6 Å². The third-order valence-corrected chi connectivity index (χ3v) is 5.06. The minimum atomic E-state index is -0.908. The fraction of sp³-hybridized carbons (Fsp3) is 0.125. The minimum Gasteiger partial charge on any atom is -0.425 e. The monoisotopic (exact) mass is 367 g/mol. The van der Waals surface area contributed by atoms with Crippen molar-refractivity contribution in [3.05, 3.63) is 101 Å². The maximum atomic E-state index is 13.0. The lowest BCUT2D eigenvalue weighted by molar-refractivity contribution is -0.139. The van der Waals surface area contributed by atoms with Crippen LogP contribution in [0.15, 0.2) is 78.9 Å². The summed E-state index contributed by atoms with van der Waals surface area (Å²) in [6.07, 6.45) is 0.402. The number of esters is 1. The van der Waals surface area contributed by atoms with Gasteiger partial charge in [-0.15, -0.1) is 0 Å². The SMILES string of the molecule is N#C[C@@H]1C(=O)Oc2ccccc2[C@H]1Cc1ccccc1C(=O)c1ccccc1. The number of rotatable bonds is 4. The van der Waals surface area contributed by atoms with E-state index in [-0.39, 0.29) is 11.7 Å². The Morgan fingerprint density at radius 1 is 0.929 bits per heavy atom. The number of ether oxygens (including phenoxy) is 1. The number of nitriles is 1. The number of hydrogen-bond acceptors (Lipinski definition) is 4. The summed E-state index contributed by atoms with van der Waals surface area (Å²) >= 11 is 0. The number of carbonyl (C=O) groups is 2. The molecule has 2 atom stereocenters. The van der Waals surface area contributed by atoms with E-state index >= 15 is 0 Å². The highest BCUT2D eigenvalue weighted by atomic mass is 16.5. The van der Waals surface area contributed by atoms with Crippen LogP contribution in [-0.4, -0.2) is 11.8 Å². The molecule has 0 bridgehead atoms. The summed E-state index contributed by atoms with van der Waals surface area (Å²) < 4.78 is 5.32. The van der Waals surface area contributed by atoms with E-state index in [0.717, 1.165) is 11.1 Å². The number of carbonyl (C=O) groups excluding carboxylic acids is 2. The zero-order valence-electron chi connectivity index (χ0n) is 15.0. The molecule has 0 amide bonds. The van der Waals surface area contributed by atoms with Gasteiger partial charge in [-0.3, -0.25) is 9.59 Å². The lowest BCUT2D eigenvalue weighted by Gasteiger charge is -2.28. The largest absolute Gasteiger partial charge is 0.425 e. The molecule has 0 fully saturated rings. The van der Waals surface area contributed by atoms with E-state index in [0.29, 0.717) is 23.3 Å². The van der Waals surface area contributed by atoms with E-state index in [9.17, 15) is 14.9 Å². The van der Waals surface area contributed by atoms with E-state index in [1.807, 2.05) is 48.5 Å². The van der Waals surface area contributed by atoms with Gasteiger partial charge in [0.1, 0.15) is 5.75 Å². The first-order valence-corrected chi connectivity index (χ1v) is 9.07. The molecule has 0 radical (unpaired) electrons. The van der Waals surface area contributed by atoms with Gasteiger partial charge in [0.15, 0.2) is 11.7 Å². The van der Waals surface area contributed by atoms with Gasteiger partial charge in [-0.25, -0.2) is 0 Å². The van der Waals surface area contributed by atoms with Gasteiger partial charge >= 0.3 is 5.97 Å². The smallest absolute Gasteiger partial charge is 0.329 e. The van der Waals surface area contributed by atoms with Crippen LogP contribution >= 0.6 is 0 Å². The van der Waals surface area contributed by atoms with Gasteiger partial charge in [0.25, 0.3) is 0 Å². The molecule has 0 spiro atoms. The molecule has 0 aliphatic carbocycles. The van der Waals surface area contributed by atoms with Gasteiger partial charge in [0.2, 0.25) is 0 Å². The van der Waals surface area contributed by atoms with Crippen LogP contribution < -0.4 is 4.74 Å². The first-order chi connectivity index (χ1) is 13.7. The number of benzene rings is 3. The van der Waals surface area contributed by atoms with Gasteiger partial charge < -0.3 is 4.74 Å². The van der Waals surface area contributed by atoms with E-state index in [1.54, 1.807) is 30.3 Å². The summed E-state index contributed by atoms with van der Waals surface area (Å²) in [5.41, 5.74) is 2.82. The number of para-hydroxylation sites is 1. The highest BCUT2D eigenvalue weighted by molar-refractivity contribution is 6.09. The second-order valence-electron chi connectivity index (χ2n) is 6.73. The van der Waals surface area contributed by atoms with Crippen LogP contribution in [0.3, 0.4) is 0 Å². The van der Waals surface area contributed by atoms with Gasteiger partial charge in [-0.1, -0.05) is 72.8 Å². The lowest BCUT2D eigenvalue weighted by atomic mass is 9.79. The molecule has 0 aromatic heterocycles. The van der Waals surface area contributed by atoms with Crippen LogP contribution in [0.4, 0.5) is 0 Å². The summed E-state index contributed by atoms with van der Waals surface area (Å²) in [6.45, 7) is 0.